The van der Waals surface area contributed by atoms with Gasteiger partial charge in [0.1, 0.15) is 0 Å². The molecule has 1 atom stereocenters. The molecule has 0 bridgehead atoms. The molecular formula is C27H28F6N4O2. The molecular weight excluding hydrogens is 526 g/mol. The van der Waals surface area contributed by atoms with Crippen LogP contribution in [0, 0.1) is 0 Å². The molecule has 1 aromatic heterocycles. The minimum Gasteiger partial charge on any atom is -0.370 e. The lowest BCUT2D eigenvalue weighted by Crippen LogP contribution is -2.56. The molecule has 2 amide bonds. The summed E-state index contributed by atoms with van der Waals surface area (Å²) in [5.74, 6) is -1.29. The number of unbranched alkanes of at least 4 members (excludes halogenated alkanes) is 1. The predicted molar refractivity (Wildman–Crippen MR) is 133 cm³/mol. The minimum atomic E-state index is -5.05. The van der Waals surface area contributed by atoms with Gasteiger partial charge in [-0.2, -0.15) is 26.3 Å². The van der Waals surface area contributed by atoms with Crippen molar-refractivity contribution in [3.63, 3.8) is 0 Å². The molecule has 1 saturated heterocycles. The summed E-state index contributed by atoms with van der Waals surface area (Å²) in [5.41, 5.74) is 3.24. The number of aromatic amines is 1. The first kappa shape index (κ1) is 28.5. The van der Waals surface area contributed by atoms with Crippen molar-refractivity contribution in [1.29, 1.82) is 0 Å². The number of nitrogens with zero attached hydrogens (tertiary/aromatic N) is 2. The normalized spacial score (nSPS) is 17.1. The SMILES string of the molecule is NC(=O)CCCCN1CCN(C(=O)c2cc(C(F)(F)F)cc(C(F)(F)F)c2)[C@H](Cc2c[nH]c3ccccc23)C1. The molecule has 1 fully saturated rings. The van der Waals surface area contributed by atoms with Gasteiger partial charge in [0.15, 0.2) is 0 Å². The van der Waals surface area contributed by atoms with Gasteiger partial charge < -0.3 is 15.6 Å². The summed E-state index contributed by atoms with van der Waals surface area (Å²) < 4.78 is 80.6. The number of nitrogens with two attached hydrogens (primary N) is 1. The fourth-order valence-electron chi connectivity index (χ4n) is 5.00. The van der Waals surface area contributed by atoms with Crippen LogP contribution in [0.25, 0.3) is 10.9 Å². The Morgan fingerprint density at radius 1 is 0.949 bits per heavy atom. The smallest absolute Gasteiger partial charge is 0.370 e. The van der Waals surface area contributed by atoms with Gasteiger partial charge in [-0.15, -0.1) is 0 Å². The lowest BCUT2D eigenvalue weighted by atomic mass is 9.98. The first-order chi connectivity index (χ1) is 18.3. The van der Waals surface area contributed by atoms with Crippen LogP contribution in [0.2, 0.25) is 0 Å². The van der Waals surface area contributed by atoms with Crippen LogP contribution in [-0.4, -0.2) is 58.8 Å². The molecule has 39 heavy (non-hydrogen) atoms. The van der Waals surface area contributed by atoms with E-state index < -0.39 is 46.9 Å². The number of fused-ring (bicyclic) bond motifs is 1. The van der Waals surface area contributed by atoms with Gasteiger partial charge in [0.05, 0.1) is 11.1 Å². The molecule has 3 aromatic rings. The molecule has 0 aliphatic carbocycles. The molecule has 210 valence electrons. The largest absolute Gasteiger partial charge is 0.416 e. The van der Waals surface area contributed by atoms with Gasteiger partial charge in [-0.05, 0) is 55.6 Å². The summed E-state index contributed by atoms with van der Waals surface area (Å²) in [6.45, 7) is 1.49. The van der Waals surface area contributed by atoms with Crippen LogP contribution in [0.1, 0.15) is 46.3 Å². The highest BCUT2D eigenvalue weighted by molar-refractivity contribution is 5.95. The maximum Gasteiger partial charge on any atom is 0.416 e. The molecule has 2 heterocycles. The number of aromatic nitrogens is 1. The van der Waals surface area contributed by atoms with Gasteiger partial charge in [-0.25, -0.2) is 0 Å². The Balaban J connectivity index is 1.63. The number of primary amides is 1. The second kappa shape index (κ2) is 11.3. The molecule has 0 saturated carbocycles. The number of benzene rings is 2. The Morgan fingerprint density at radius 2 is 1.62 bits per heavy atom. The van der Waals surface area contributed by atoms with E-state index in [1.54, 1.807) is 6.20 Å². The number of para-hydroxylation sites is 1. The third-order valence-electron chi connectivity index (χ3n) is 6.94. The first-order valence-electron chi connectivity index (χ1n) is 12.5. The Kier molecular flexibility index (Phi) is 8.24. The predicted octanol–water partition coefficient (Wildman–Crippen LogP) is 5.23. The Labute approximate surface area is 220 Å². The fraction of sp³-hybridized carbons (Fsp3) is 0.407. The average molecular weight is 555 g/mol. The number of carbonyl (C=O) groups is 2. The highest BCUT2D eigenvalue weighted by Gasteiger charge is 2.39. The van der Waals surface area contributed by atoms with Crippen LogP contribution < -0.4 is 5.73 Å². The van der Waals surface area contributed by atoms with E-state index in [4.69, 9.17) is 5.73 Å². The number of carbonyl (C=O) groups excluding carboxylic acids is 2. The summed E-state index contributed by atoms with van der Waals surface area (Å²) >= 11 is 0. The Morgan fingerprint density at radius 3 is 2.26 bits per heavy atom. The first-order valence-corrected chi connectivity index (χ1v) is 12.5. The zero-order valence-electron chi connectivity index (χ0n) is 20.9. The van der Waals surface area contributed by atoms with Crippen molar-refractivity contribution in [2.45, 2.75) is 44.1 Å². The van der Waals surface area contributed by atoms with E-state index in [1.807, 2.05) is 24.3 Å². The lowest BCUT2D eigenvalue weighted by Gasteiger charge is -2.42. The molecule has 1 aliphatic heterocycles. The van der Waals surface area contributed by atoms with Crippen molar-refractivity contribution in [3.8, 4) is 0 Å². The van der Waals surface area contributed by atoms with Crippen molar-refractivity contribution in [3.05, 3.63) is 70.9 Å². The van der Waals surface area contributed by atoms with E-state index in [-0.39, 0.29) is 19.0 Å². The van der Waals surface area contributed by atoms with E-state index >= 15 is 0 Å². The molecule has 1 aliphatic rings. The van der Waals surface area contributed by atoms with E-state index in [1.165, 1.54) is 4.90 Å². The summed E-state index contributed by atoms with van der Waals surface area (Å²) in [6, 6.07) is 7.98. The second-order valence-corrected chi connectivity index (χ2v) is 9.73. The quantitative estimate of drug-likeness (QED) is 0.296. The second-order valence-electron chi connectivity index (χ2n) is 9.73. The van der Waals surface area contributed by atoms with Gasteiger partial charge in [-0.3, -0.25) is 14.5 Å². The van der Waals surface area contributed by atoms with Crippen molar-refractivity contribution in [2.75, 3.05) is 26.2 Å². The van der Waals surface area contributed by atoms with Gasteiger partial charge >= 0.3 is 12.4 Å². The van der Waals surface area contributed by atoms with Gasteiger partial charge in [0, 0.05) is 54.8 Å². The number of amides is 2. The third-order valence-corrected chi connectivity index (χ3v) is 6.94. The Bertz CT molecular complexity index is 1300. The highest BCUT2D eigenvalue weighted by Crippen LogP contribution is 2.37. The average Bonchev–Trinajstić information content (AvgIpc) is 3.28. The molecule has 0 radical (unpaired) electrons. The van der Waals surface area contributed by atoms with E-state index in [0.29, 0.717) is 51.0 Å². The van der Waals surface area contributed by atoms with Gasteiger partial charge in [0.2, 0.25) is 5.91 Å². The van der Waals surface area contributed by atoms with Crippen molar-refractivity contribution >= 4 is 22.7 Å². The maximum atomic E-state index is 13.5. The van der Waals surface area contributed by atoms with Crippen LogP contribution in [0.3, 0.4) is 0 Å². The topological polar surface area (TPSA) is 82.4 Å². The van der Waals surface area contributed by atoms with E-state index in [2.05, 4.69) is 9.88 Å². The monoisotopic (exact) mass is 554 g/mol. The number of alkyl halides is 6. The number of rotatable bonds is 8. The van der Waals surface area contributed by atoms with Crippen LogP contribution >= 0.6 is 0 Å². The zero-order valence-corrected chi connectivity index (χ0v) is 20.9. The number of nitrogens with one attached hydrogen (secondary N) is 1. The number of hydrogen-bond donors (Lipinski definition) is 2. The fourth-order valence-corrected chi connectivity index (χ4v) is 5.00. The molecule has 6 nitrogen and oxygen atoms in total. The van der Waals surface area contributed by atoms with Crippen LogP contribution in [-0.2, 0) is 23.6 Å². The standard InChI is InChI=1S/C27H28F6N4O2/c28-26(29,30)19-11-17(12-20(14-19)27(31,32)33)25(39)37-10-9-36(8-4-3-7-24(34)38)16-21(37)13-18-15-35-23-6-2-1-5-22(18)23/h1-2,5-6,11-12,14-15,21,35H,3-4,7-10,13,16H2,(H2,34,38)/t21-/m1/s1. The summed E-state index contributed by atoms with van der Waals surface area (Å²) in [4.78, 5) is 31.2. The number of H-pyrrole nitrogens is 1. The highest BCUT2D eigenvalue weighted by atomic mass is 19.4. The van der Waals surface area contributed by atoms with E-state index in [9.17, 15) is 35.9 Å². The van der Waals surface area contributed by atoms with Crippen LogP contribution in [0.15, 0.2) is 48.7 Å². The summed E-state index contributed by atoms with van der Waals surface area (Å²) in [6.07, 6.45) is -6.45. The van der Waals surface area contributed by atoms with Crippen molar-refractivity contribution < 1.29 is 35.9 Å². The minimum absolute atomic E-state index is 0.0181. The molecule has 4 rings (SSSR count). The molecule has 3 N–H and O–H groups in total. The Hall–Kier alpha value is -3.54. The zero-order chi connectivity index (χ0) is 28.4. The molecule has 0 unspecified atom stereocenters. The summed E-state index contributed by atoms with van der Waals surface area (Å²) in [7, 11) is 0. The third kappa shape index (κ3) is 6.92. The lowest BCUT2D eigenvalue weighted by molar-refractivity contribution is -0.143. The van der Waals surface area contributed by atoms with Crippen LogP contribution in [0.4, 0.5) is 26.3 Å². The van der Waals surface area contributed by atoms with Crippen molar-refractivity contribution in [2.24, 2.45) is 5.73 Å². The van der Waals surface area contributed by atoms with Crippen LogP contribution in [0.5, 0.6) is 0 Å². The summed E-state index contributed by atoms with van der Waals surface area (Å²) in [5, 5.41) is 0.918. The van der Waals surface area contributed by atoms with Gasteiger partial charge in [-0.1, -0.05) is 18.2 Å². The number of halogens is 6. The molecule has 0 spiro atoms. The maximum absolute atomic E-state index is 13.5. The number of hydrogen-bond acceptors (Lipinski definition) is 3. The molecule has 2 aromatic carbocycles. The number of piperazine rings is 1. The molecule has 12 heteroatoms. The van der Waals surface area contributed by atoms with Crippen molar-refractivity contribution in [1.82, 2.24) is 14.8 Å². The van der Waals surface area contributed by atoms with Gasteiger partial charge in [0.25, 0.3) is 5.91 Å². The van der Waals surface area contributed by atoms with E-state index in [0.717, 1.165) is 16.5 Å².